The molecular weight excluding hydrogens is 246 g/mol. The van der Waals surface area contributed by atoms with Crippen LogP contribution in [-0.4, -0.2) is 22.4 Å². The molecule has 114 valence electrons. The van der Waals surface area contributed by atoms with Crippen LogP contribution in [0.3, 0.4) is 0 Å². The van der Waals surface area contributed by atoms with Gasteiger partial charge in [-0.1, -0.05) is 27.7 Å². The van der Waals surface area contributed by atoms with Gasteiger partial charge in [0.1, 0.15) is 0 Å². The third-order valence-corrected chi connectivity index (χ3v) is 4.49. The van der Waals surface area contributed by atoms with Crippen molar-refractivity contribution in [3.63, 3.8) is 0 Å². The van der Waals surface area contributed by atoms with Gasteiger partial charge < -0.3 is 5.32 Å². The molecule has 1 atom stereocenters. The number of hydrogen-bond acceptors (Lipinski definition) is 2. The number of nitrogens with zero attached hydrogens (tertiary/aromatic N) is 2. The Bertz CT molecular complexity index is 424. The lowest BCUT2D eigenvalue weighted by Gasteiger charge is -2.31. The Balaban J connectivity index is 2.07. The van der Waals surface area contributed by atoms with E-state index in [0.29, 0.717) is 11.3 Å². The summed E-state index contributed by atoms with van der Waals surface area (Å²) < 4.78 is 2.19. The largest absolute Gasteiger partial charge is 0.314 e. The van der Waals surface area contributed by atoms with Gasteiger partial charge in [0.2, 0.25) is 0 Å². The molecule has 0 aromatic carbocycles. The molecule has 0 spiro atoms. The van der Waals surface area contributed by atoms with Gasteiger partial charge >= 0.3 is 0 Å². The van der Waals surface area contributed by atoms with Crippen LogP contribution in [0.2, 0.25) is 0 Å². The molecule has 20 heavy (non-hydrogen) atoms. The quantitative estimate of drug-likeness (QED) is 0.827. The van der Waals surface area contributed by atoms with Crippen LogP contribution in [0.25, 0.3) is 0 Å². The van der Waals surface area contributed by atoms with Gasteiger partial charge in [0, 0.05) is 18.3 Å². The van der Waals surface area contributed by atoms with E-state index < -0.39 is 0 Å². The van der Waals surface area contributed by atoms with Crippen molar-refractivity contribution in [3.05, 3.63) is 17.5 Å². The summed E-state index contributed by atoms with van der Waals surface area (Å²) in [6.45, 7) is 13.6. The molecule has 3 heteroatoms. The van der Waals surface area contributed by atoms with E-state index in [9.17, 15) is 0 Å². The van der Waals surface area contributed by atoms with Gasteiger partial charge in [-0.15, -0.1) is 0 Å². The number of hydrogen-bond donors (Lipinski definition) is 1. The minimum atomic E-state index is 0.330. The fourth-order valence-electron chi connectivity index (χ4n) is 2.66. The summed E-state index contributed by atoms with van der Waals surface area (Å²) in [6, 6.07) is 3.10. The van der Waals surface area contributed by atoms with Crippen LogP contribution in [0.1, 0.15) is 58.8 Å². The molecular formula is C17H31N3. The molecule has 1 fully saturated rings. The summed E-state index contributed by atoms with van der Waals surface area (Å²) in [5.41, 5.74) is 2.96. The molecule has 1 unspecified atom stereocenters. The molecule has 1 aliphatic carbocycles. The first-order chi connectivity index (χ1) is 9.44. The van der Waals surface area contributed by atoms with Crippen LogP contribution in [0.15, 0.2) is 6.07 Å². The third kappa shape index (κ3) is 4.08. The standard InChI is InChI=1S/C17H31N3/c1-6-14-11-16(20(7-2)19-14)10-13(17(3,4)5)12-18-15-8-9-15/h11,13,15,18H,6-10,12H2,1-5H3. The molecule has 2 rings (SSSR count). The SMILES string of the molecule is CCc1cc(CC(CNC2CC2)C(C)(C)C)n(CC)n1. The summed E-state index contributed by atoms with van der Waals surface area (Å²) in [6.07, 6.45) is 4.89. The van der Waals surface area contributed by atoms with Crippen LogP contribution in [0, 0.1) is 11.3 Å². The monoisotopic (exact) mass is 277 g/mol. The van der Waals surface area contributed by atoms with Gasteiger partial charge in [-0.05, 0) is 56.6 Å². The Morgan fingerprint density at radius 2 is 2.05 bits per heavy atom. The van der Waals surface area contributed by atoms with E-state index in [0.717, 1.165) is 32.0 Å². The summed E-state index contributed by atoms with van der Waals surface area (Å²) in [5.74, 6) is 0.662. The molecule has 1 aromatic heterocycles. The van der Waals surface area contributed by atoms with E-state index in [2.05, 4.69) is 55.8 Å². The van der Waals surface area contributed by atoms with Gasteiger partial charge in [0.05, 0.1) is 5.69 Å². The predicted octanol–water partition coefficient (Wildman–Crippen LogP) is 3.42. The normalized spacial score (nSPS) is 17.4. The Kier molecular flexibility index (Phi) is 4.90. The minimum Gasteiger partial charge on any atom is -0.314 e. The van der Waals surface area contributed by atoms with Crippen LogP contribution < -0.4 is 5.32 Å². The Hall–Kier alpha value is -0.830. The number of rotatable bonds is 7. The first kappa shape index (κ1) is 15.6. The second-order valence-corrected chi connectivity index (χ2v) is 7.25. The fraction of sp³-hybridized carbons (Fsp3) is 0.824. The zero-order valence-corrected chi connectivity index (χ0v) is 13.9. The maximum Gasteiger partial charge on any atom is 0.0624 e. The molecule has 0 radical (unpaired) electrons. The third-order valence-electron chi connectivity index (χ3n) is 4.49. The topological polar surface area (TPSA) is 29.9 Å². The number of nitrogens with one attached hydrogen (secondary N) is 1. The zero-order chi connectivity index (χ0) is 14.8. The van der Waals surface area contributed by atoms with E-state index in [1.165, 1.54) is 24.2 Å². The van der Waals surface area contributed by atoms with Crippen LogP contribution in [-0.2, 0) is 19.4 Å². The summed E-state index contributed by atoms with van der Waals surface area (Å²) in [7, 11) is 0. The average Bonchev–Trinajstić information content (AvgIpc) is 3.12. The predicted molar refractivity (Wildman–Crippen MR) is 85.0 cm³/mol. The van der Waals surface area contributed by atoms with Crippen molar-refractivity contribution in [2.45, 2.75) is 72.9 Å². The lowest BCUT2D eigenvalue weighted by atomic mass is 9.78. The molecule has 0 bridgehead atoms. The zero-order valence-electron chi connectivity index (χ0n) is 13.9. The van der Waals surface area contributed by atoms with E-state index in [1.54, 1.807) is 0 Å². The van der Waals surface area contributed by atoms with E-state index in [4.69, 9.17) is 0 Å². The van der Waals surface area contributed by atoms with Crippen molar-refractivity contribution in [2.24, 2.45) is 11.3 Å². The van der Waals surface area contributed by atoms with Gasteiger partial charge in [0.15, 0.2) is 0 Å². The maximum absolute atomic E-state index is 4.69. The summed E-state index contributed by atoms with van der Waals surface area (Å²) in [4.78, 5) is 0. The molecule has 1 aromatic rings. The molecule has 3 nitrogen and oxygen atoms in total. The Labute approximate surface area is 124 Å². The average molecular weight is 277 g/mol. The lowest BCUT2D eigenvalue weighted by molar-refractivity contribution is 0.226. The van der Waals surface area contributed by atoms with Crippen molar-refractivity contribution in [1.29, 1.82) is 0 Å². The highest BCUT2D eigenvalue weighted by atomic mass is 15.3. The van der Waals surface area contributed by atoms with Crippen LogP contribution in [0.5, 0.6) is 0 Å². The Morgan fingerprint density at radius 3 is 2.55 bits per heavy atom. The van der Waals surface area contributed by atoms with Gasteiger partial charge in [0.25, 0.3) is 0 Å². The molecule has 0 saturated heterocycles. The van der Waals surface area contributed by atoms with Crippen molar-refractivity contribution in [3.8, 4) is 0 Å². The molecule has 1 saturated carbocycles. The van der Waals surface area contributed by atoms with Crippen molar-refractivity contribution in [2.75, 3.05) is 6.54 Å². The van der Waals surface area contributed by atoms with Gasteiger partial charge in [-0.25, -0.2) is 0 Å². The van der Waals surface area contributed by atoms with Crippen molar-refractivity contribution < 1.29 is 0 Å². The molecule has 1 aliphatic rings. The van der Waals surface area contributed by atoms with Crippen molar-refractivity contribution >= 4 is 0 Å². The highest BCUT2D eigenvalue weighted by molar-refractivity contribution is 5.12. The van der Waals surface area contributed by atoms with Crippen LogP contribution in [0.4, 0.5) is 0 Å². The first-order valence-corrected chi connectivity index (χ1v) is 8.23. The molecule has 1 N–H and O–H groups in total. The van der Waals surface area contributed by atoms with E-state index in [-0.39, 0.29) is 0 Å². The van der Waals surface area contributed by atoms with E-state index in [1.807, 2.05) is 0 Å². The Morgan fingerprint density at radius 1 is 1.35 bits per heavy atom. The van der Waals surface area contributed by atoms with Crippen LogP contribution >= 0.6 is 0 Å². The smallest absolute Gasteiger partial charge is 0.0624 e. The number of aryl methyl sites for hydroxylation is 2. The molecule has 0 amide bonds. The summed E-state index contributed by atoms with van der Waals surface area (Å²) in [5, 5.41) is 8.40. The summed E-state index contributed by atoms with van der Waals surface area (Å²) >= 11 is 0. The number of aromatic nitrogens is 2. The first-order valence-electron chi connectivity index (χ1n) is 8.23. The second kappa shape index (κ2) is 6.30. The van der Waals surface area contributed by atoms with Gasteiger partial charge in [-0.3, -0.25) is 4.68 Å². The fourth-order valence-corrected chi connectivity index (χ4v) is 2.66. The highest BCUT2D eigenvalue weighted by Gasteiger charge is 2.29. The molecule has 1 heterocycles. The van der Waals surface area contributed by atoms with E-state index >= 15 is 0 Å². The minimum absolute atomic E-state index is 0.330. The maximum atomic E-state index is 4.69. The van der Waals surface area contributed by atoms with Gasteiger partial charge in [-0.2, -0.15) is 5.10 Å². The van der Waals surface area contributed by atoms with Crippen molar-refractivity contribution in [1.82, 2.24) is 15.1 Å². The second-order valence-electron chi connectivity index (χ2n) is 7.25. The highest BCUT2D eigenvalue weighted by Crippen LogP contribution is 2.30. The molecule has 0 aliphatic heterocycles. The lowest BCUT2D eigenvalue weighted by Crippen LogP contribution is -2.34.